The molecule has 0 bridgehead atoms. The molecular weight excluding hydrogens is 486 g/mol. The number of ether oxygens (including phenoxy) is 2. The summed E-state index contributed by atoms with van der Waals surface area (Å²) >= 11 is 0. The van der Waals surface area contributed by atoms with E-state index in [0.717, 1.165) is 6.92 Å². The van der Waals surface area contributed by atoms with E-state index >= 15 is 0 Å². The van der Waals surface area contributed by atoms with Crippen molar-refractivity contribution in [1.29, 1.82) is 0 Å². The monoisotopic (exact) mass is 513 g/mol. The first-order valence-corrected chi connectivity index (χ1v) is 11.9. The van der Waals surface area contributed by atoms with Crippen molar-refractivity contribution in [3.8, 4) is 17.2 Å². The van der Waals surface area contributed by atoms with Crippen molar-refractivity contribution >= 4 is 17.3 Å². The minimum Gasteiger partial charge on any atom is -0.507 e. The Labute approximate surface area is 211 Å². The van der Waals surface area contributed by atoms with Gasteiger partial charge in [-0.2, -0.15) is 0 Å². The molecule has 1 heterocycles. The molecule has 1 aliphatic heterocycles. The maximum Gasteiger partial charge on any atom is 0.202 e. The van der Waals surface area contributed by atoms with Crippen molar-refractivity contribution in [2.75, 3.05) is 0 Å². The number of phenolic OH excluding ortho intramolecular Hbond substituents is 3. The molecule has 1 fully saturated rings. The average molecular weight is 513 g/mol. The highest BCUT2D eigenvalue weighted by Gasteiger charge is 2.49. The molecule has 7 N–H and O–H groups in total. The number of carbonyl (C=O) groups is 3. The Morgan fingerprint density at radius 3 is 2.43 bits per heavy atom. The zero-order valence-electron chi connectivity index (χ0n) is 20.1. The third-order valence-corrected chi connectivity index (χ3v) is 7.59. The van der Waals surface area contributed by atoms with E-state index in [1.807, 2.05) is 0 Å². The highest BCUT2D eigenvalue weighted by Crippen LogP contribution is 2.52. The van der Waals surface area contributed by atoms with E-state index in [0.29, 0.717) is 0 Å². The van der Waals surface area contributed by atoms with Crippen LogP contribution < -0.4 is 5.73 Å². The topological polar surface area (TPSA) is 197 Å². The van der Waals surface area contributed by atoms with E-state index in [-0.39, 0.29) is 35.1 Å². The first kappa shape index (κ1) is 25.3. The van der Waals surface area contributed by atoms with E-state index in [1.54, 1.807) is 6.92 Å². The van der Waals surface area contributed by atoms with Crippen LogP contribution in [-0.4, -0.2) is 73.0 Å². The van der Waals surface area contributed by atoms with E-state index in [2.05, 4.69) is 0 Å². The van der Waals surface area contributed by atoms with Crippen molar-refractivity contribution < 1.29 is 49.4 Å². The normalized spacial score (nSPS) is 30.9. The first-order valence-electron chi connectivity index (χ1n) is 11.9. The lowest BCUT2D eigenvalue weighted by atomic mass is 9.72. The standard InChI is InChI=1S/C26H27NO10/c1-9-21(30)13(27)6-16(36-9)37-15-8-26(35,10(2)28)7-12-18(15)25(34)20-19(23(12)32)22(31)11-4-3-5-14(29)17(11)24(20)33/h3-5,9,13,15-16,21,29-30,32,34-35H,6-8,27H2,1-2H3/t9-,13+,15-,16-,21+,26-/m0/s1. The smallest absolute Gasteiger partial charge is 0.202 e. The molecule has 0 aromatic heterocycles. The Kier molecular flexibility index (Phi) is 5.89. The molecule has 196 valence electrons. The van der Waals surface area contributed by atoms with E-state index in [9.17, 15) is 39.9 Å². The van der Waals surface area contributed by atoms with Crippen molar-refractivity contribution in [2.45, 2.75) is 69.4 Å². The number of hydrogen-bond donors (Lipinski definition) is 6. The molecule has 0 radical (unpaired) electrons. The van der Waals surface area contributed by atoms with Crippen LogP contribution in [0.4, 0.5) is 0 Å². The summed E-state index contributed by atoms with van der Waals surface area (Å²) < 4.78 is 11.7. The molecule has 1 saturated heterocycles. The number of carbonyl (C=O) groups excluding carboxylic acids is 3. The van der Waals surface area contributed by atoms with Crippen LogP contribution in [0.2, 0.25) is 0 Å². The number of phenols is 3. The number of Topliss-reactive ketones (excluding diaryl/α,β-unsaturated/α-hetero) is 1. The fourth-order valence-electron chi connectivity index (χ4n) is 5.50. The number of rotatable bonds is 3. The minimum absolute atomic E-state index is 0.0478. The lowest BCUT2D eigenvalue weighted by Crippen LogP contribution is -2.52. The Morgan fingerprint density at radius 1 is 1.11 bits per heavy atom. The number of ketones is 3. The number of hydrogen-bond acceptors (Lipinski definition) is 11. The number of aromatic hydroxyl groups is 3. The van der Waals surface area contributed by atoms with Crippen LogP contribution in [0.15, 0.2) is 18.2 Å². The molecule has 11 nitrogen and oxygen atoms in total. The Hall–Kier alpha value is -3.35. The highest BCUT2D eigenvalue weighted by atomic mass is 16.7. The van der Waals surface area contributed by atoms with Crippen LogP contribution in [0.3, 0.4) is 0 Å². The van der Waals surface area contributed by atoms with Gasteiger partial charge in [0.25, 0.3) is 0 Å². The second-order valence-corrected chi connectivity index (χ2v) is 9.95. The molecule has 2 aromatic carbocycles. The predicted molar refractivity (Wildman–Crippen MR) is 125 cm³/mol. The van der Waals surface area contributed by atoms with Crippen molar-refractivity contribution in [3.63, 3.8) is 0 Å². The van der Waals surface area contributed by atoms with Gasteiger partial charge in [-0.3, -0.25) is 14.4 Å². The van der Waals surface area contributed by atoms with Gasteiger partial charge in [0.15, 0.2) is 17.9 Å². The largest absolute Gasteiger partial charge is 0.507 e. The zero-order valence-corrected chi connectivity index (χ0v) is 20.1. The van der Waals surface area contributed by atoms with Crippen LogP contribution >= 0.6 is 0 Å². The molecule has 0 unspecified atom stereocenters. The maximum absolute atomic E-state index is 13.4. The van der Waals surface area contributed by atoms with Gasteiger partial charge in [0, 0.05) is 42.0 Å². The number of fused-ring (bicyclic) bond motifs is 3. The van der Waals surface area contributed by atoms with Gasteiger partial charge in [-0.05, 0) is 19.9 Å². The SMILES string of the molecule is CC(=O)[C@]1(O)Cc2c(O)c3c(c(O)c2[C@@H](O[C@H]2C[C@@H](N)[C@H](O)[C@H](C)O2)C1)C(=O)c1c(O)cccc1C3=O. The minimum atomic E-state index is -2.02. The van der Waals surface area contributed by atoms with E-state index < -0.39 is 88.4 Å². The van der Waals surface area contributed by atoms with Gasteiger partial charge in [0.05, 0.1) is 35.0 Å². The van der Waals surface area contributed by atoms with Crippen LogP contribution in [0.25, 0.3) is 0 Å². The van der Waals surface area contributed by atoms with Crippen molar-refractivity contribution in [2.24, 2.45) is 5.73 Å². The third-order valence-electron chi connectivity index (χ3n) is 7.59. The number of aliphatic hydroxyl groups is 2. The quantitative estimate of drug-likeness (QED) is 0.270. The van der Waals surface area contributed by atoms with E-state index in [4.69, 9.17) is 15.2 Å². The van der Waals surface area contributed by atoms with Crippen molar-refractivity contribution in [3.05, 3.63) is 51.6 Å². The van der Waals surface area contributed by atoms with Gasteiger partial charge in [0.2, 0.25) is 5.78 Å². The fraction of sp³-hybridized carbons (Fsp3) is 0.423. The molecule has 37 heavy (non-hydrogen) atoms. The Morgan fingerprint density at radius 2 is 1.78 bits per heavy atom. The molecule has 0 spiro atoms. The summed E-state index contributed by atoms with van der Waals surface area (Å²) in [5.41, 5.74) is 2.29. The lowest BCUT2D eigenvalue weighted by Gasteiger charge is -2.42. The first-order chi connectivity index (χ1) is 17.4. The third kappa shape index (κ3) is 3.73. The van der Waals surface area contributed by atoms with Crippen LogP contribution in [0.5, 0.6) is 17.2 Å². The van der Waals surface area contributed by atoms with Crippen LogP contribution in [0, 0.1) is 0 Å². The number of nitrogens with two attached hydrogens (primary N) is 1. The van der Waals surface area contributed by atoms with Crippen molar-refractivity contribution in [1.82, 2.24) is 0 Å². The molecule has 0 amide bonds. The predicted octanol–water partition coefficient (Wildman–Crippen LogP) is 0.726. The van der Waals surface area contributed by atoms with Crippen LogP contribution in [0.1, 0.15) is 75.8 Å². The molecule has 11 heteroatoms. The number of aliphatic hydroxyl groups excluding tert-OH is 1. The number of benzene rings is 2. The molecular formula is C26H27NO10. The highest BCUT2D eigenvalue weighted by molar-refractivity contribution is 6.31. The molecule has 2 aliphatic carbocycles. The van der Waals surface area contributed by atoms with Gasteiger partial charge in [-0.15, -0.1) is 0 Å². The molecule has 2 aromatic rings. The summed E-state index contributed by atoms with van der Waals surface area (Å²) in [6.45, 7) is 2.76. The fourth-order valence-corrected chi connectivity index (χ4v) is 5.50. The van der Waals surface area contributed by atoms with Gasteiger partial charge in [-0.25, -0.2) is 0 Å². The van der Waals surface area contributed by atoms with Gasteiger partial charge in [-0.1, -0.05) is 12.1 Å². The summed E-state index contributed by atoms with van der Waals surface area (Å²) in [7, 11) is 0. The summed E-state index contributed by atoms with van der Waals surface area (Å²) in [4.78, 5) is 39.1. The summed E-state index contributed by atoms with van der Waals surface area (Å²) in [5.74, 6) is -4.13. The van der Waals surface area contributed by atoms with Crippen LogP contribution in [-0.2, 0) is 20.7 Å². The molecule has 5 rings (SSSR count). The second kappa shape index (κ2) is 8.61. The lowest BCUT2D eigenvalue weighted by molar-refractivity contribution is -0.247. The summed E-state index contributed by atoms with van der Waals surface area (Å²) in [6, 6.07) is 3.20. The molecule has 6 atom stereocenters. The van der Waals surface area contributed by atoms with Gasteiger partial charge < -0.3 is 40.7 Å². The zero-order chi connectivity index (χ0) is 27.0. The van der Waals surface area contributed by atoms with Gasteiger partial charge >= 0.3 is 0 Å². The van der Waals surface area contributed by atoms with E-state index in [1.165, 1.54) is 18.2 Å². The molecule has 0 saturated carbocycles. The maximum atomic E-state index is 13.4. The van der Waals surface area contributed by atoms with Gasteiger partial charge in [0.1, 0.15) is 22.8 Å². The molecule has 3 aliphatic rings. The second-order valence-electron chi connectivity index (χ2n) is 9.95. The Bertz CT molecular complexity index is 1340. The average Bonchev–Trinajstić information content (AvgIpc) is 2.82. The summed E-state index contributed by atoms with van der Waals surface area (Å²) in [5, 5.41) is 54.1. The summed E-state index contributed by atoms with van der Waals surface area (Å²) in [6.07, 6.45) is -4.68. The Balaban J connectivity index is 1.68.